The highest BCUT2D eigenvalue weighted by Crippen LogP contribution is 2.56. The minimum Gasteiger partial charge on any atom is -0.381 e. The zero-order valence-corrected chi connectivity index (χ0v) is 6.88. The van der Waals surface area contributed by atoms with Crippen LogP contribution in [0.4, 0.5) is 0 Å². The van der Waals surface area contributed by atoms with E-state index in [1.54, 1.807) is 6.92 Å². The predicted octanol–water partition coefficient (Wildman–Crippen LogP) is 1.42. The summed E-state index contributed by atoms with van der Waals surface area (Å²) in [4.78, 5) is 0. The molecule has 2 aliphatic rings. The second-order valence-electron chi connectivity index (χ2n) is 3.75. The van der Waals surface area contributed by atoms with Crippen molar-refractivity contribution in [1.82, 2.24) is 0 Å². The van der Waals surface area contributed by atoms with Crippen LogP contribution in [0.1, 0.15) is 26.2 Å². The highest BCUT2D eigenvalue weighted by atomic mass is 16.3. The van der Waals surface area contributed by atoms with Crippen molar-refractivity contribution in [3.8, 4) is 11.8 Å². The van der Waals surface area contributed by atoms with Crippen molar-refractivity contribution in [1.29, 1.82) is 0 Å². The zero-order valence-electron chi connectivity index (χ0n) is 6.88. The van der Waals surface area contributed by atoms with E-state index in [1.165, 1.54) is 19.3 Å². The maximum Gasteiger partial charge on any atom is 0.111 e. The van der Waals surface area contributed by atoms with Gasteiger partial charge in [-0.15, -0.1) is 0 Å². The van der Waals surface area contributed by atoms with E-state index in [2.05, 4.69) is 11.8 Å². The molecule has 2 aliphatic carbocycles. The minimum atomic E-state index is -0.434. The van der Waals surface area contributed by atoms with Crippen LogP contribution in [0.15, 0.2) is 0 Å². The summed E-state index contributed by atoms with van der Waals surface area (Å²) >= 11 is 0. The lowest BCUT2D eigenvalue weighted by atomic mass is 10.1. The second kappa shape index (κ2) is 2.53. The average Bonchev–Trinajstić information content (AvgIpc) is 2.44. The van der Waals surface area contributed by atoms with Crippen molar-refractivity contribution in [2.24, 2.45) is 17.8 Å². The van der Waals surface area contributed by atoms with Gasteiger partial charge in [-0.05, 0) is 31.6 Å². The van der Waals surface area contributed by atoms with Crippen molar-refractivity contribution in [3.63, 3.8) is 0 Å². The Morgan fingerprint density at radius 3 is 2.55 bits per heavy atom. The molecule has 0 aromatic carbocycles. The quantitative estimate of drug-likeness (QED) is 0.518. The molecule has 11 heavy (non-hydrogen) atoms. The van der Waals surface area contributed by atoms with Gasteiger partial charge < -0.3 is 5.11 Å². The number of aliphatic hydroxyl groups excluding tert-OH is 1. The van der Waals surface area contributed by atoms with E-state index in [-0.39, 0.29) is 0 Å². The molecule has 1 heteroatoms. The smallest absolute Gasteiger partial charge is 0.111 e. The molecule has 0 aromatic heterocycles. The van der Waals surface area contributed by atoms with Crippen LogP contribution >= 0.6 is 0 Å². The highest BCUT2D eigenvalue weighted by Gasteiger charge is 2.51. The Hall–Kier alpha value is -0.480. The molecule has 3 unspecified atom stereocenters. The van der Waals surface area contributed by atoms with Gasteiger partial charge in [-0.2, -0.15) is 0 Å². The zero-order chi connectivity index (χ0) is 7.84. The van der Waals surface area contributed by atoms with E-state index < -0.39 is 6.10 Å². The molecule has 2 saturated carbocycles. The lowest BCUT2D eigenvalue weighted by Gasteiger charge is -1.92. The highest BCUT2D eigenvalue weighted by molar-refractivity contribution is 5.20. The first-order valence-corrected chi connectivity index (χ1v) is 4.48. The molecule has 0 heterocycles. The second-order valence-corrected chi connectivity index (χ2v) is 3.75. The third-order valence-electron chi connectivity index (χ3n) is 2.87. The van der Waals surface area contributed by atoms with Crippen LogP contribution in [-0.2, 0) is 0 Å². The molecule has 0 radical (unpaired) electrons. The number of hydrogen-bond donors (Lipinski definition) is 1. The molecule has 3 atom stereocenters. The van der Waals surface area contributed by atoms with Gasteiger partial charge in [-0.25, -0.2) is 0 Å². The molecule has 1 N–H and O–H groups in total. The SMILES string of the molecule is CC(O)C#CC1C2CCCC12. The fraction of sp³-hybridized carbons (Fsp3) is 0.800. The van der Waals surface area contributed by atoms with E-state index in [0.717, 1.165) is 11.8 Å². The summed E-state index contributed by atoms with van der Waals surface area (Å²) in [7, 11) is 0. The molecule has 0 aliphatic heterocycles. The first-order chi connectivity index (χ1) is 5.29. The van der Waals surface area contributed by atoms with Crippen LogP contribution in [0.5, 0.6) is 0 Å². The fourth-order valence-corrected chi connectivity index (χ4v) is 2.25. The summed E-state index contributed by atoms with van der Waals surface area (Å²) in [6, 6.07) is 0. The summed E-state index contributed by atoms with van der Waals surface area (Å²) in [5.74, 6) is 8.46. The summed E-state index contributed by atoms with van der Waals surface area (Å²) in [5, 5.41) is 8.92. The molecular formula is C10H14O. The van der Waals surface area contributed by atoms with Gasteiger partial charge in [0, 0.05) is 5.92 Å². The molecule has 0 aromatic rings. The van der Waals surface area contributed by atoms with E-state index in [0.29, 0.717) is 5.92 Å². The van der Waals surface area contributed by atoms with Gasteiger partial charge in [0.05, 0.1) is 0 Å². The van der Waals surface area contributed by atoms with Gasteiger partial charge in [-0.1, -0.05) is 18.3 Å². The molecular weight excluding hydrogens is 136 g/mol. The van der Waals surface area contributed by atoms with Gasteiger partial charge in [0.25, 0.3) is 0 Å². The molecule has 0 saturated heterocycles. The van der Waals surface area contributed by atoms with E-state index in [4.69, 9.17) is 5.11 Å². The minimum absolute atomic E-state index is 0.434. The van der Waals surface area contributed by atoms with Gasteiger partial charge in [0.2, 0.25) is 0 Å². The van der Waals surface area contributed by atoms with Crippen LogP contribution in [-0.4, -0.2) is 11.2 Å². The van der Waals surface area contributed by atoms with Crippen molar-refractivity contribution in [2.45, 2.75) is 32.3 Å². The van der Waals surface area contributed by atoms with E-state index in [9.17, 15) is 0 Å². The molecule has 0 amide bonds. The molecule has 60 valence electrons. The van der Waals surface area contributed by atoms with Crippen molar-refractivity contribution >= 4 is 0 Å². The number of fused-ring (bicyclic) bond motifs is 1. The van der Waals surface area contributed by atoms with Crippen molar-refractivity contribution < 1.29 is 5.11 Å². The summed E-state index contributed by atoms with van der Waals surface area (Å²) in [6.45, 7) is 1.73. The number of rotatable bonds is 0. The Kier molecular flexibility index (Phi) is 1.65. The molecule has 1 nitrogen and oxygen atoms in total. The number of hydrogen-bond acceptors (Lipinski definition) is 1. The van der Waals surface area contributed by atoms with Gasteiger partial charge in [-0.3, -0.25) is 0 Å². The largest absolute Gasteiger partial charge is 0.381 e. The molecule has 2 rings (SSSR count). The maximum absolute atomic E-state index is 8.92. The Balaban J connectivity index is 1.88. The summed E-state index contributed by atoms with van der Waals surface area (Å²) in [6.07, 6.45) is 3.73. The van der Waals surface area contributed by atoms with Gasteiger partial charge >= 0.3 is 0 Å². The van der Waals surface area contributed by atoms with Crippen LogP contribution in [0, 0.1) is 29.6 Å². The monoisotopic (exact) mass is 150 g/mol. The average molecular weight is 150 g/mol. The lowest BCUT2D eigenvalue weighted by molar-refractivity contribution is 0.253. The topological polar surface area (TPSA) is 20.2 Å². The Labute approximate surface area is 67.8 Å². The lowest BCUT2D eigenvalue weighted by Crippen LogP contribution is -1.93. The third kappa shape index (κ3) is 1.28. The van der Waals surface area contributed by atoms with E-state index >= 15 is 0 Å². The van der Waals surface area contributed by atoms with Gasteiger partial charge in [0.1, 0.15) is 6.10 Å². The Bertz CT molecular complexity index is 199. The standard InChI is InChI=1S/C10H14O/c1-7(11)5-6-10-8-3-2-4-9(8)10/h7-11H,2-4H2,1H3. The van der Waals surface area contributed by atoms with Crippen molar-refractivity contribution in [2.75, 3.05) is 0 Å². The van der Waals surface area contributed by atoms with Crippen LogP contribution in [0.2, 0.25) is 0 Å². The van der Waals surface area contributed by atoms with Crippen LogP contribution in [0.25, 0.3) is 0 Å². The summed E-state index contributed by atoms with van der Waals surface area (Å²) in [5.41, 5.74) is 0. The normalized spacial score (nSPS) is 42.2. The predicted molar refractivity (Wildman–Crippen MR) is 43.8 cm³/mol. The van der Waals surface area contributed by atoms with Crippen LogP contribution in [0.3, 0.4) is 0 Å². The molecule has 2 fully saturated rings. The van der Waals surface area contributed by atoms with Gasteiger partial charge in [0.15, 0.2) is 0 Å². The Morgan fingerprint density at radius 1 is 1.36 bits per heavy atom. The fourth-order valence-electron chi connectivity index (χ4n) is 2.25. The van der Waals surface area contributed by atoms with Crippen LogP contribution < -0.4 is 0 Å². The first kappa shape index (κ1) is 7.18. The third-order valence-corrected chi connectivity index (χ3v) is 2.87. The van der Waals surface area contributed by atoms with E-state index in [1.807, 2.05) is 0 Å². The number of aliphatic hydroxyl groups is 1. The van der Waals surface area contributed by atoms with Crippen molar-refractivity contribution in [3.05, 3.63) is 0 Å². The first-order valence-electron chi connectivity index (χ1n) is 4.48. The maximum atomic E-state index is 8.92. The molecule has 0 bridgehead atoms. The summed E-state index contributed by atoms with van der Waals surface area (Å²) < 4.78 is 0. The molecule has 0 spiro atoms. The Morgan fingerprint density at radius 2 is 2.00 bits per heavy atom.